The van der Waals surface area contributed by atoms with E-state index < -0.39 is 21.8 Å². The van der Waals surface area contributed by atoms with Crippen LogP contribution in [0.15, 0.2) is 0 Å². The quantitative estimate of drug-likeness (QED) is 0.540. The van der Waals surface area contributed by atoms with Crippen molar-refractivity contribution < 1.29 is 23.1 Å². The van der Waals surface area contributed by atoms with E-state index in [1.54, 1.807) is 0 Å². The Morgan fingerprint density at radius 1 is 1.57 bits per heavy atom. The summed E-state index contributed by atoms with van der Waals surface area (Å²) in [5.41, 5.74) is 0. The number of sulfone groups is 1. The SMILES string of the molecule is CCS(=O)(=O)CCC(NC=O)C(=O)O. The van der Waals surface area contributed by atoms with Crippen LogP contribution in [-0.2, 0) is 19.4 Å². The predicted octanol–water partition coefficient (Wildman–Crippen LogP) is -0.990. The van der Waals surface area contributed by atoms with Crippen LogP contribution in [0.2, 0.25) is 0 Å². The highest BCUT2D eigenvalue weighted by Gasteiger charge is 2.19. The molecule has 0 aromatic heterocycles. The molecule has 0 aliphatic heterocycles. The van der Waals surface area contributed by atoms with E-state index in [2.05, 4.69) is 0 Å². The second-order valence-electron chi connectivity index (χ2n) is 2.70. The van der Waals surface area contributed by atoms with Crippen molar-refractivity contribution in [1.82, 2.24) is 5.32 Å². The lowest BCUT2D eigenvalue weighted by molar-refractivity contribution is -0.140. The van der Waals surface area contributed by atoms with Gasteiger partial charge in [0.05, 0.1) is 5.75 Å². The molecule has 1 unspecified atom stereocenters. The summed E-state index contributed by atoms with van der Waals surface area (Å²) in [6.07, 6.45) is 0.140. The second kappa shape index (κ2) is 5.58. The Hall–Kier alpha value is -1.11. The van der Waals surface area contributed by atoms with Crippen LogP contribution in [0.3, 0.4) is 0 Å². The average Bonchev–Trinajstić information content (AvgIpc) is 2.12. The molecule has 0 aliphatic carbocycles. The third kappa shape index (κ3) is 4.80. The maximum absolute atomic E-state index is 11.0. The summed E-state index contributed by atoms with van der Waals surface area (Å²) in [5.74, 6) is -1.50. The van der Waals surface area contributed by atoms with Gasteiger partial charge < -0.3 is 10.4 Å². The van der Waals surface area contributed by atoms with Gasteiger partial charge in [0.2, 0.25) is 6.41 Å². The number of aliphatic carboxylic acids is 1. The molecular weight excluding hydrogens is 210 g/mol. The topological polar surface area (TPSA) is 101 Å². The molecule has 0 radical (unpaired) electrons. The summed E-state index contributed by atoms with van der Waals surface area (Å²) >= 11 is 0. The van der Waals surface area contributed by atoms with E-state index in [0.717, 1.165) is 0 Å². The summed E-state index contributed by atoms with van der Waals surface area (Å²) < 4.78 is 22.0. The molecule has 0 heterocycles. The number of carboxylic acids is 1. The molecule has 0 fully saturated rings. The number of hydrogen-bond acceptors (Lipinski definition) is 4. The Labute approximate surface area is 82.2 Å². The lowest BCUT2D eigenvalue weighted by Crippen LogP contribution is -2.37. The number of rotatable bonds is 7. The second-order valence-corrected chi connectivity index (χ2v) is 5.17. The minimum atomic E-state index is -3.19. The summed E-state index contributed by atoms with van der Waals surface area (Å²) in [5, 5.41) is 10.6. The van der Waals surface area contributed by atoms with Crippen molar-refractivity contribution in [3.8, 4) is 0 Å². The summed E-state index contributed by atoms with van der Waals surface area (Å²) in [7, 11) is -3.19. The molecule has 0 aliphatic rings. The number of hydrogen-bond donors (Lipinski definition) is 2. The fraction of sp³-hybridized carbons (Fsp3) is 0.714. The van der Waals surface area contributed by atoms with E-state index in [4.69, 9.17) is 5.11 Å². The van der Waals surface area contributed by atoms with Crippen molar-refractivity contribution in [2.45, 2.75) is 19.4 Å². The molecule has 0 aromatic rings. The van der Waals surface area contributed by atoms with Crippen molar-refractivity contribution in [2.75, 3.05) is 11.5 Å². The summed E-state index contributed by atoms with van der Waals surface area (Å²) in [6.45, 7) is 1.48. The number of carboxylic acid groups (broad SMARTS) is 1. The minimum Gasteiger partial charge on any atom is -0.480 e. The number of amides is 1. The van der Waals surface area contributed by atoms with E-state index in [0.29, 0.717) is 0 Å². The fourth-order valence-electron chi connectivity index (χ4n) is 0.802. The maximum Gasteiger partial charge on any atom is 0.326 e. The number of nitrogens with one attached hydrogen (secondary N) is 1. The molecule has 0 spiro atoms. The van der Waals surface area contributed by atoms with Crippen molar-refractivity contribution in [2.24, 2.45) is 0 Å². The van der Waals surface area contributed by atoms with Gasteiger partial charge in [0, 0.05) is 5.75 Å². The zero-order valence-electron chi connectivity index (χ0n) is 7.76. The first kappa shape index (κ1) is 12.9. The molecule has 6 nitrogen and oxygen atoms in total. The third-order valence-corrected chi connectivity index (χ3v) is 3.46. The molecule has 0 aromatic carbocycles. The van der Waals surface area contributed by atoms with Gasteiger partial charge >= 0.3 is 5.97 Å². The highest BCUT2D eigenvalue weighted by atomic mass is 32.2. The molecule has 0 saturated heterocycles. The van der Waals surface area contributed by atoms with Crippen LogP contribution in [0.1, 0.15) is 13.3 Å². The highest BCUT2D eigenvalue weighted by Crippen LogP contribution is 1.98. The smallest absolute Gasteiger partial charge is 0.326 e. The fourth-order valence-corrected chi connectivity index (χ4v) is 1.69. The largest absolute Gasteiger partial charge is 0.480 e. The van der Waals surface area contributed by atoms with Gasteiger partial charge in [0.1, 0.15) is 15.9 Å². The van der Waals surface area contributed by atoms with Crippen molar-refractivity contribution >= 4 is 22.2 Å². The van der Waals surface area contributed by atoms with Crippen LogP contribution < -0.4 is 5.32 Å². The number of carbonyl (C=O) groups is 2. The Kier molecular flexibility index (Phi) is 5.14. The molecule has 0 bridgehead atoms. The van der Waals surface area contributed by atoms with Gasteiger partial charge in [-0.1, -0.05) is 6.92 Å². The third-order valence-electron chi connectivity index (χ3n) is 1.72. The Balaban J connectivity index is 4.20. The normalized spacial score (nSPS) is 13.2. The van der Waals surface area contributed by atoms with Gasteiger partial charge in [-0.25, -0.2) is 13.2 Å². The van der Waals surface area contributed by atoms with Gasteiger partial charge in [-0.3, -0.25) is 4.79 Å². The molecule has 7 heteroatoms. The Morgan fingerprint density at radius 3 is 2.50 bits per heavy atom. The van der Waals surface area contributed by atoms with E-state index in [1.165, 1.54) is 6.92 Å². The van der Waals surface area contributed by atoms with E-state index in [9.17, 15) is 18.0 Å². The Bertz CT molecular complexity index is 297. The average molecular weight is 223 g/mol. The van der Waals surface area contributed by atoms with Crippen LogP contribution >= 0.6 is 0 Å². The number of carbonyl (C=O) groups excluding carboxylic acids is 1. The first-order chi connectivity index (χ1) is 6.43. The molecule has 1 amide bonds. The maximum atomic E-state index is 11.0. The Morgan fingerprint density at radius 2 is 2.14 bits per heavy atom. The molecule has 1 atom stereocenters. The van der Waals surface area contributed by atoms with E-state index in [1.807, 2.05) is 5.32 Å². The lowest BCUT2D eigenvalue weighted by atomic mass is 10.2. The van der Waals surface area contributed by atoms with Gasteiger partial charge in [0.25, 0.3) is 0 Å². The van der Waals surface area contributed by atoms with Crippen LogP contribution in [-0.4, -0.2) is 43.5 Å². The van der Waals surface area contributed by atoms with Gasteiger partial charge in [-0.2, -0.15) is 0 Å². The monoisotopic (exact) mass is 223 g/mol. The van der Waals surface area contributed by atoms with Crippen molar-refractivity contribution in [3.63, 3.8) is 0 Å². The van der Waals surface area contributed by atoms with Gasteiger partial charge in [-0.05, 0) is 6.42 Å². The first-order valence-corrected chi connectivity index (χ1v) is 5.88. The lowest BCUT2D eigenvalue weighted by Gasteiger charge is -2.10. The van der Waals surface area contributed by atoms with Crippen LogP contribution in [0.25, 0.3) is 0 Å². The molecule has 2 N–H and O–H groups in total. The minimum absolute atomic E-state index is 0.0274. The molecule has 0 rings (SSSR count). The highest BCUT2D eigenvalue weighted by molar-refractivity contribution is 7.91. The van der Waals surface area contributed by atoms with Crippen LogP contribution in [0.5, 0.6) is 0 Å². The molecule has 82 valence electrons. The van der Waals surface area contributed by atoms with Crippen molar-refractivity contribution in [3.05, 3.63) is 0 Å². The van der Waals surface area contributed by atoms with Crippen LogP contribution in [0, 0.1) is 0 Å². The predicted molar refractivity (Wildman–Crippen MR) is 49.6 cm³/mol. The first-order valence-electron chi connectivity index (χ1n) is 4.06. The molecule has 14 heavy (non-hydrogen) atoms. The summed E-state index contributed by atoms with van der Waals surface area (Å²) in [6, 6.07) is -1.13. The van der Waals surface area contributed by atoms with Gasteiger partial charge in [-0.15, -0.1) is 0 Å². The zero-order chi connectivity index (χ0) is 11.2. The molecular formula is C7H13NO5S. The van der Waals surface area contributed by atoms with Crippen LogP contribution in [0.4, 0.5) is 0 Å². The van der Waals surface area contributed by atoms with Gasteiger partial charge in [0.15, 0.2) is 0 Å². The van der Waals surface area contributed by atoms with E-state index >= 15 is 0 Å². The van der Waals surface area contributed by atoms with E-state index in [-0.39, 0.29) is 24.3 Å². The zero-order valence-corrected chi connectivity index (χ0v) is 8.58. The molecule has 0 saturated carbocycles. The standard InChI is InChI=1S/C7H13NO5S/c1-2-14(12,13)4-3-6(7(10)11)8-5-9/h5-6H,2-4H2,1H3,(H,8,9)(H,10,11). The van der Waals surface area contributed by atoms with Crippen molar-refractivity contribution in [1.29, 1.82) is 0 Å². The summed E-state index contributed by atoms with van der Waals surface area (Å²) in [4.78, 5) is 20.5.